The standard InChI is InChI=1S/C16H23NO3/c1-12-7-8-13(11-15(12)19)16(20)17(9-10-18)14-5-3-2-4-6-14/h7-8,11,14,18-19H,2-6,9-10H2,1H3. The van der Waals surface area contributed by atoms with E-state index >= 15 is 0 Å². The Bertz CT molecular complexity index is 467. The van der Waals surface area contributed by atoms with Gasteiger partial charge in [0, 0.05) is 18.2 Å². The van der Waals surface area contributed by atoms with Gasteiger partial charge in [-0.1, -0.05) is 25.3 Å². The number of hydrogen-bond donors (Lipinski definition) is 2. The molecule has 0 heterocycles. The van der Waals surface area contributed by atoms with Gasteiger partial charge in [0.1, 0.15) is 5.75 Å². The largest absolute Gasteiger partial charge is 0.508 e. The van der Waals surface area contributed by atoms with Crippen molar-refractivity contribution in [3.8, 4) is 5.75 Å². The van der Waals surface area contributed by atoms with Gasteiger partial charge in [0.25, 0.3) is 5.91 Å². The number of aliphatic hydroxyl groups is 1. The SMILES string of the molecule is Cc1ccc(C(=O)N(CCO)C2CCCCC2)cc1O. The van der Waals surface area contributed by atoms with Gasteiger partial charge in [-0.3, -0.25) is 4.79 Å². The predicted octanol–water partition coefficient (Wildman–Crippen LogP) is 2.47. The lowest BCUT2D eigenvalue weighted by atomic mass is 9.93. The van der Waals surface area contributed by atoms with Crippen molar-refractivity contribution in [2.75, 3.05) is 13.2 Å². The zero-order valence-electron chi connectivity index (χ0n) is 12.0. The second-order valence-corrected chi connectivity index (χ2v) is 5.52. The third kappa shape index (κ3) is 3.31. The number of aromatic hydroxyl groups is 1. The number of aliphatic hydroxyl groups excluding tert-OH is 1. The van der Waals surface area contributed by atoms with E-state index in [0.717, 1.165) is 31.2 Å². The number of nitrogens with zero attached hydrogens (tertiary/aromatic N) is 1. The molecule has 20 heavy (non-hydrogen) atoms. The lowest BCUT2D eigenvalue weighted by Gasteiger charge is -2.34. The summed E-state index contributed by atoms with van der Waals surface area (Å²) in [6.45, 7) is 2.13. The molecule has 110 valence electrons. The van der Waals surface area contributed by atoms with Crippen LogP contribution in [0.5, 0.6) is 5.75 Å². The van der Waals surface area contributed by atoms with Crippen molar-refractivity contribution in [2.24, 2.45) is 0 Å². The van der Waals surface area contributed by atoms with Gasteiger partial charge in [0.05, 0.1) is 6.61 Å². The van der Waals surface area contributed by atoms with Crippen LogP contribution in [0.4, 0.5) is 0 Å². The van der Waals surface area contributed by atoms with E-state index in [2.05, 4.69) is 0 Å². The highest BCUT2D eigenvalue weighted by Gasteiger charge is 2.26. The molecule has 1 aliphatic rings. The van der Waals surface area contributed by atoms with E-state index in [0.29, 0.717) is 12.1 Å². The van der Waals surface area contributed by atoms with Gasteiger partial charge in [-0.15, -0.1) is 0 Å². The molecule has 4 nitrogen and oxygen atoms in total. The first-order chi connectivity index (χ1) is 9.63. The van der Waals surface area contributed by atoms with Gasteiger partial charge in [-0.05, 0) is 37.5 Å². The second kappa shape index (κ2) is 6.75. The Labute approximate surface area is 120 Å². The highest BCUT2D eigenvalue weighted by atomic mass is 16.3. The third-order valence-corrected chi connectivity index (χ3v) is 4.07. The van der Waals surface area contributed by atoms with Crippen LogP contribution in [0.2, 0.25) is 0 Å². The molecule has 0 saturated heterocycles. The molecule has 1 fully saturated rings. The molecule has 0 radical (unpaired) electrons. The van der Waals surface area contributed by atoms with Crippen LogP contribution in [0.1, 0.15) is 48.0 Å². The number of rotatable bonds is 4. The molecular weight excluding hydrogens is 254 g/mol. The lowest BCUT2D eigenvalue weighted by Crippen LogP contribution is -2.43. The summed E-state index contributed by atoms with van der Waals surface area (Å²) in [6.07, 6.45) is 5.51. The Balaban J connectivity index is 2.18. The Hall–Kier alpha value is -1.55. The van der Waals surface area contributed by atoms with E-state index in [9.17, 15) is 15.0 Å². The summed E-state index contributed by atoms with van der Waals surface area (Å²) < 4.78 is 0. The molecule has 1 amide bonds. The van der Waals surface area contributed by atoms with Crippen LogP contribution in [-0.4, -0.2) is 40.2 Å². The number of amides is 1. The topological polar surface area (TPSA) is 60.8 Å². The highest BCUT2D eigenvalue weighted by Crippen LogP contribution is 2.25. The quantitative estimate of drug-likeness (QED) is 0.888. The van der Waals surface area contributed by atoms with Gasteiger partial charge < -0.3 is 15.1 Å². The molecule has 0 aliphatic heterocycles. The minimum absolute atomic E-state index is 0.0277. The minimum Gasteiger partial charge on any atom is -0.508 e. The number of phenolic OH excluding ortho intramolecular Hbond substituents is 1. The zero-order chi connectivity index (χ0) is 14.5. The van der Waals surface area contributed by atoms with E-state index in [1.54, 1.807) is 24.0 Å². The van der Waals surface area contributed by atoms with E-state index in [4.69, 9.17) is 0 Å². The Morgan fingerprint density at radius 3 is 2.60 bits per heavy atom. The average molecular weight is 277 g/mol. The maximum atomic E-state index is 12.6. The second-order valence-electron chi connectivity index (χ2n) is 5.52. The Morgan fingerprint density at radius 2 is 2.00 bits per heavy atom. The fourth-order valence-corrected chi connectivity index (χ4v) is 2.86. The number of hydrogen-bond acceptors (Lipinski definition) is 3. The fourth-order valence-electron chi connectivity index (χ4n) is 2.86. The van der Waals surface area contributed by atoms with Crippen molar-refractivity contribution < 1.29 is 15.0 Å². The van der Waals surface area contributed by atoms with Crippen LogP contribution in [0, 0.1) is 6.92 Å². The summed E-state index contributed by atoms with van der Waals surface area (Å²) in [4.78, 5) is 14.4. The van der Waals surface area contributed by atoms with Crippen LogP contribution < -0.4 is 0 Å². The Morgan fingerprint density at radius 1 is 1.30 bits per heavy atom. The van der Waals surface area contributed by atoms with E-state index in [1.807, 2.05) is 0 Å². The minimum atomic E-state index is -0.0961. The zero-order valence-corrected chi connectivity index (χ0v) is 12.0. The van der Waals surface area contributed by atoms with Gasteiger partial charge in [-0.25, -0.2) is 0 Å². The van der Waals surface area contributed by atoms with Crippen LogP contribution >= 0.6 is 0 Å². The predicted molar refractivity (Wildman–Crippen MR) is 77.8 cm³/mol. The first-order valence-corrected chi connectivity index (χ1v) is 7.35. The molecule has 0 spiro atoms. The average Bonchev–Trinajstić information content (AvgIpc) is 2.48. The van der Waals surface area contributed by atoms with Gasteiger partial charge in [-0.2, -0.15) is 0 Å². The first kappa shape index (κ1) is 14.9. The van der Waals surface area contributed by atoms with Gasteiger partial charge in [0.15, 0.2) is 0 Å². The van der Waals surface area contributed by atoms with Gasteiger partial charge in [0.2, 0.25) is 0 Å². The van der Waals surface area contributed by atoms with Crippen LogP contribution in [0.25, 0.3) is 0 Å². The molecule has 2 N–H and O–H groups in total. The smallest absolute Gasteiger partial charge is 0.254 e. The molecule has 2 rings (SSSR count). The third-order valence-electron chi connectivity index (χ3n) is 4.07. The van der Waals surface area contributed by atoms with Crippen molar-refractivity contribution in [1.29, 1.82) is 0 Å². The van der Waals surface area contributed by atoms with Crippen molar-refractivity contribution in [3.63, 3.8) is 0 Å². The Kier molecular flexibility index (Phi) is 5.01. The summed E-state index contributed by atoms with van der Waals surface area (Å²) in [5, 5.41) is 19.0. The molecule has 0 aromatic heterocycles. The monoisotopic (exact) mass is 277 g/mol. The molecule has 1 aromatic rings. The van der Waals surface area contributed by atoms with E-state index in [-0.39, 0.29) is 24.3 Å². The van der Waals surface area contributed by atoms with Crippen molar-refractivity contribution in [2.45, 2.75) is 45.1 Å². The molecule has 1 aliphatic carbocycles. The van der Waals surface area contributed by atoms with E-state index in [1.165, 1.54) is 12.5 Å². The maximum absolute atomic E-state index is 12.6. The molecule has 0 atom stereocenters. The lowest BCUT2D eigenvalue weighted by molar-refractivity contribution is 0.0585. The van der Waals surface area contributed by atoms with Crippen LogP contribution in [0.3, 0.4) is 0 Å². The van der Waals surface area contributed by atoms with Gasteiger partial charge >= 0.3 is 0 Å². The molecular formula is C16H23NO3. The summed E-state index contributed by atoms with van der Waals surface area (Å²) in [5.41, 5.74) is 1.25. The summed E-state index contributed by atoms with van der Waals surface area (Å²) in [7, 11) is 0. The highest BCUT2D eigenvalue weighted by molar-refractivity contribution is 5.95. The summed E-state index contributed by atoms with van der Waals surface area (Å²) in [6, 6.07) is 5.22. The maximum Gasteiger partial charge on any atom is 0.254 e. The fraction of sp³-hybridized carbons (Fsp3) is 0.562. The van der Waals surface area contributed by atoms with Crippen molar-refractivity contribution in [3.05, 3.63) is 29.3 Å². The molecule has 1 aromatic carbocycles. The first-order valence-electron chi connectivity index (χ1n) is 7.35. The number of phenols is 1. The molecule has 0 unspecified atom stereocenters. The molecule has 1 saturated carbocycles. The number of aryl methyl sites for hydroxylation is 1. The molecule has 0 bridgehead atoms. The summed E-state index contributed by atoms with van der Waals surface area (Å²) >= 11 is 0. The van der Waals surface area contributed by atoms with Crippen molar-refractivity contribution >= 4 is 5.91 Å². The van der Waals surface area contributed by atoms with E-state index < -0.39 is 0 Å². The van der Waals surface area contributed by atoms with Crippen LogP contribution in [-0.2, 0) is 0 Å². The van der Waals surface area contributed by atoms with Crippen molar-refractivity contribution in [1.82, 2.24) is 4.90 Å². The number of carbonyl (C=O) groups is 1. The number of benzene rings is 1. The number of carbonyl (C=O) groups excluding carboxylic acids is 1. The normalized spacial score (nSPS) is 16.1. The molecule has 4 heteroatoms. The van der Waals surface area contributed by atoms with Crippen LogP contribution in [0.15, 0.2) is 18.2 Å². The summed E-state index contributed by atoms with van der Waals surface area (Å²) in [5.74, 6) is 0.0460.